The van der Waals surface area contributed by atoms with Gasteiger partial charge in [-0.3, -0.25) is 5.32 Å². The zero-order chi connectivity index (χ0) is 14.3. The van der Waals surface area contributed by atoms with Crippen molar-refractivity contribution in [2.75, 3.05) is 0 Å². The second-order valence-electron chi connectivity index (χ2n) is 7.22. The van der Waals surface area contributed by atoms with Gasteiger partial charge in [0.05, 0.1) is 6.07 Å². The lowest BCUT2D eigenvalue weighted by atomic mass is 9.82. The summed E-state index contributed by atoms with van der Waals surface area (Å²) >= 11 is 0. The van der Waals surface area contributed by atoms with Crippen molar-refractivity contribution in [1.29, 1.82) is 5.26 Å². The van der Waals surface area contributed by atoms with Gasteiger partial charge in [-0.05, 0) is 37.5 Å². The summed E-state index contributed by atoms with van der Waals surface area (Å²) in [5.41, 5.74) is -0.308. The van der Waals surface area contributed by atoms with Crippen LogP contribution in [0.1, 0.15) is 79.1 Å². The van der Waals surface area contributed by atoms with Gasteiger partial charge in [-0.15, -0.1) is 0 Å². The van der Waals surface area contributed by atoms with Gasteiger partial charge in [0.25, 0.3) is 0 Å². The van der Waals surface area contributed by atoms with Crippen LogP contribution < -0.4 is 5.32 Å². The summed E-state index contributed by atoms with van der Waals surface area (Å²) in [4.78, 5) is 0. The Balaban J connectivity index is 2.73. The SMILES string of the molecule is CC(C)CC(C#N)(CC(C)C)NC1CCCCCC1. The molecule has 19 heavy (non-hydrogen) atoms. The summed E-state index contributed by atoms with van der Waals surface area (Å²) in [5, 5.41) is 13.5. The molecule has 1 N–H and O–H groups in total. The maximum Gasteiger partial charge on any atom is 0.107 e. The van der Waals surface area contributed by atoms with Crippen LogP contribution in [0.3, 0.4) is 0 Å². The van der Waals surface area contributed by atoms with Gasteiger partial charge in [0.2, 0.25) is 0 Å². The van der Waals surface area contributed by atoms with E-state index in [9.17, 15) is 5.26 Å². The molecule has 0 unspecified atom stereocenters. The monoisotopic (exact) mass is 264 g/mol. The van der Waals surface area contributed by atoms with E-state index in [2.05, 4.69) is 39.1 Å². The molecular weight excluding hydrogens is 232 g/mol. The molecular formula is C17H32N2. The maximum absolute atomic E-state index is 9.76. The fourth-order valence-corrected chi connectivity index (χ4v) is 3.53. The van der Waals surface area contributed by atoms with E-state index in [1.54, 1.807) is 0 Å². The number of nitrogens with one attached hydrogen (secondary N) is 1. The van der Waals surface area contributed by atoms with Crippen LogP contribution in [-0.4, -0.2) is 11.6 Å². The predicted molar refractivity (Wildman–Crippen MR) is 81.9 cm³/mol. The second-order valence-corrected chi connectivity index (χ2v) is 7.22. The largest absolute Gasteiger partial charge is 0.297 e. The molecule has 1 aliphatic rings. The van der Waals surface area contributed by atoms with Crippen molar-refractivity contribution in [2.24, 2.45) is 11.8 Å². The lowest BCUT2D eigenvalue weighted by Gasteiger charge is -2.35. The minimum Gasteiger partial charge on any atom is -0.297 e. The van der Waals surface area contributed by atoms with Gasteiger partial charge in [0.15, 0.2) is 0 Å². The molecule has 0 aromatic heterocycles. The summed E-state index contributed by atoms with van der Waals surface area (Å²) in [6, 6.07) is 3.19. The first-order chi connectivity index (χ1) is 8.97. The highest BCUT2D eigenvalue weighted by Crippen LogP contribution is 2.28. The lowest BCUT2D eigenvalue weighted by Crippen LogP contribution is -2.51. The molecule has 110 valence electrons. The van der Waals surface area contributed by atoms with E-state index in [-0.39, 0.29) is 5.54 Å². The summed E-state index contributed by atoms with van der Waals surface area (Å²) in [7, 11) is 0. The van der Waals surface area contributed by atoms with Crippen LogP contribution in [0.2, 0.25) is 0 Å². The van der Waals surface area contributed by atoms with Gasteiger partial charge < -0.3 is 0 Å². The van der Waals surface area contributed by atoms with Crippen LogP contribution >= 0.6 is 0 Å². The zero-order valence-electron chi connectivity index (χ0n) is 13.3. The Kier molecular flexibility index (Phi) is 6.86. The van der Waals surface area contributed by atoms with E-state index in [0.29, 0.717) is 17.9 Å². The van der Waals surface area contributed by atoms with Gasteiger partial charge in [-0.2, -0.15) is 5.26 Å². The molecule has 1 aliphatic carbocycles. The van der Waals surface area contributed by atoms with E-state index < -0.39 is 0 Å². The molecule has 0 radical (unpaired) electrons. The molecule has 0 bridgehead atoms. The third-order valence-electron chi connectivity index (χ3n) is 4.06. The van der Waals surface area contributed by atoms with E-state index in [0.717, 1.165) is 12.8 Å². The van der Waals surface area contributed by atoms with Gasteiger partial charge in [-0.1, -0.05) is 53.4 Å². The smallest absolute Gasteiger partial charge is 0.107 e. The minimum atomic E-state index is -0.308. The van der Waals surface area contributed by atoms with Crippen molar-refractivity contribution < 1.29 is 0 Å². The normalized spacial score (nSPS) is 18.6. The highest BCUT2D eigenvalue weighted by atomic mass is 15.0. The number of nitrogens with zero attached hydrogens (tertiary/aromatic N) is 1. The molecule has 0 amide bonds. The highest BCUT2D eigenvalue weighted by Gasteiger charge is 2.34. The van der Waals surface area contributed by atoms with Crippen molar-refractivity contribution in [2.45, 2.75) is 90.6 Å². The first-order valence-corrected chi connectivity index (χ1v) is 8.16. The van der Waals surface area contributed by atoms with Gasteiger partial charge in [0, 0.05) is 6.04 Å². The van der Waals surface area contributed by atoms with Crippen molar-refractivity contribution in [1.82, 2.24) is 5.32 Å². The quantitative estimate of drug-likeness (QED) is 0.709. The summed E-state index contributed by atoms with van der Waals surface area (Å²) in [5.74, 6) is 1.13. The fraction of sp³-hybridized carbons (Fsp3) is 0.941. The summed E-state index contributed by atoms with van der Waals surface area (Å²) < 4.78 is 0. The topological polar surface area (TPSA) is 35.8 Å². The Morgan fingerprint density at radius 3 is 1.84 bits per heavy atom. The van der Waals surface area contributed by atoms with Gasteiger partial charge >= 0.3 is 0 Å². The minimum absolute atomic E-state index is 0.308. The van der Waals surface area contributed by atoms with E-state index >= 15 is 0 Å². The number of hydrogen-bond donors (Lipinski definition) is 1. The van der Waals surface area contributed by atoms with E-state index in [4.69, 9.17) is 0 Å². The molecule has 0 aromatic carbocycles. The van der Waals surface area contributed by atoms with Crippen LogP contribution in [0.15, 0.2) is 0 Å². The molecule has 1 saturated carbocycles. The Hall–Kier alpha value is -0.550. The molecule has 0 spiro atoms. The molecule has 2 nitrogen and oxygen atoms in total. The van der Waals surface area contributed by atoms with Crippen molar-refractivity contribution in [3.8, 4) is 6.07 Å². The molecule has 0 saturated heterocycles. The number of hydrogen-bond acceptors (Lipinski definition) is 2. The average Bonchev–Trinajstić information content (AvgIpc) is 2.55. The van der Waals surface area contributed by atoms with Crippen LogP contribution in [-0.2, 0) is 0 Å². The highest BCUT2D eigenvalue weighted by molar-refractivity contribution is 5.09. The van der Waals surface area contributed by atoms with E-state index in [1.807, 2.05) is 0 Å². The van der Waals surface area contributed by atoms with Gasteiger partial charge in [-0.25, -0.2) is 0 Å². The molecule has 0 aliphatic heterocycles. The second kappa shape index (κ2) is 7.90. The number of nitriles is 1. The van der Waals surface area contributed by atoms with Crippen LogP contribution in [0.5, 0.6) is 0 Å². The molecule has 2 heteroatoms. The van der Waals surface area contributed by atoms with Crippen molar-refractivity contribution in [3.05, 3.63) is 0 Å². The van der Waals surface area contributed by atoms with Crippen LogP contribution in [0, 0.1) is 23.2 Å². The molecule has 0 atom stereocenters. The zero-order valence-corrected chi connectivity index (χ0v) is 13.3. The Morgan fingerprint density at radius 1 is 1.00 bits per heavy atom. The van der Waals surface area contributed by atoms with Crippen LogP contribution in [0.4, 0.5) is 0 Å². The summed E-state index contributed by atoms with van der Waals surface area (Å²) in [6.45, 7) is 8.89. The Bertz CT molecular complexity index is 270. The third kappa shape index (κ3) is 5.95. The van der Waals surface area contributed by atoms with E-state index in [1.165, 1.54) is 38.5 Å². The third-order valence-corrected chi connectivity index (χ3v) is 4.06. The molecule has 1 fully saturated rings. The molecule has 1 rings (SSSR count). The van der Waals surface area contributed by atoms with Crippen molar-refractivity contribution >= 4 is 0 Å². The Morgan fingerprint density at radius 2 is 1.47 bits per heavy atom. The molecule has 0 aromatic rings. The lowest BCUT2D eigenvalue weighted by molar-refractivity contribution is 0.248. The first kappa shape index (κ1) is 16.5. The standard InChI is InChI=1S/C17H32N2/c1-14(2)11-17(13-18,12-15(3)4)19-16-9-7-5-6-8-10-16/h14-16,19H,5-12H2,1-4H3. The predicted octanol–water partition coefficient (Wildman–Crippen LogP) is 4.65. The average molecular weight is 264 g/mol. The summed E-state index contributed by atoms with van der Waals surface area (Å²) in [6.07, 6.45) is 9.82. The first-order valence-electron chi connectivity index (χ1n) is 8.16. The Labute approximate surface area is 120 Å². The van der Waals surface area contributed by atoms with Crippen LogP contribution in [0.25, 0.3) is 0 Å². The maximum atomic E-state index is 9.76. The molecule has 0 heterocycles. The number of rotatable bonds is 6. The fourth-order valence-electron chi connectivity index (χ4n) is 3.53. The van der Waals surface area contributed by atoms with Crippen molar-refractivity contribution in [3.63, 3.8) is 0 Å². The van der Waals surface area contributed by atoms with Gasteiger partial charge in [0.1, 0.15) is 5.54 Å².